The maximum Gasteiger partial charge on any atom is 0.122 e. The molecular weight excluding hydrogens is 224 g/mol. The van der Waals surface area contributed by atoms with Crippen molar-refractivity contribution in [2.24, 2.45) is 5.73 Å². The van der Waals surface area contributed by atoms with Gasteiger partial charge in [0.1, 0.15) is 12.4 Å². The molecule has 0 fully saturated rings. The Morgan fingerprint density at radius 2 is 2.06 bits per heavy atom. The highest BCUT2D eigenvalue weighted by molar-refractivity contribution is 5.41. The summed E-state index contributed by atoms with van der Waals surface area (Å²) in [5, 5.41) is 0. The highest BCUT2D eigenvalue weighted by Gasteiger charge is 2.13. The third-order valence-electron chi connectivity index (χ3n) is 3.59. The third-order valence-corrected chi connectivity index (χ3v) is 3.59. The lowest BCUT2D eigenvalue weighted by Crippen LogP contribution is -2.29. The molecule has 0 saturated carbocycles. The average Bonchev–Trinajstić information content (AvgIpc) is 2.39. The van der Waals surface area contributed by atoms with Crippen molar-refractivity contribution in [3.05, 3.63) is 29.3 Å². The van der Waals surface area contributed by atoms with Crippen LogP contribution in [-0.2, 0) is 12.8 Å². The molecule has 1 aliphatic rings. The molecule has 3 nitrogen and oxygen atoms in total. The zero-order chi connectivity index (χ0) is 12.8. The van der Waals surface area contributed by atoms with E-state index in [9.17, 15) is 0 Å². The molecule has 1 aromatic rings. The van der Waals surface area contributed by atoms with Gasteiger partial charge in [0.15, 0.2) is 0 Å². The Balaban J connectivity index is 1.89. The minimum absolute atomic E-state index is 0.706. The van der Waals surface area contributed by atoms with E-state index in [0.29, 0.717) is 6.54 Å². The van der Waals surface area contributed by atoms with Crippen molar-refractivity contribution in [2.45, 2.75) is 25.7 Å². The Morgan fingerprint density at radius 1 is 1.22 bits per heavy atom. The summed E-state index contributed by atoms with van der Waals surface area (Å²) in [5.74, 6) is 1.09. The third kappa shape index (κ3) is 3.47. The number of hydrogen-bond donors (Lipinski definition) is 1. The Kier molecular flexibility index (Phi) is 5.02. The second-order valence-corrected chi connectivity index (χ2v) is 5.04. The number of hydrogen-bond acceptors (Lipinski definition) is 3. The summed E-state index contributed by atoms with van der Waals surface area (Å²) in [7, 11) is 2.08. The number of aryl methyl sites for hydroxylation is 1. The summed E-state index contributed by atoms with van der Waals surface area (Å²) in [5.41, 5.74) is 8.44. The van der Waals surface area contributed by atoms with Gasteiger partial charge in [0.2, 0.25) is 0 Å². The Morgan fingerprint density at radius 3 is 2.89 bits per heavy atom. The van der Waals surface area contributed by atoms with Crippen molar-refractivity contribution in [1.82, 2.24) is 4.90 Å². The Labute approximate surface area is 110 Å². The first-order valence-electron chi connectivity index (χ1n) is 6.93. The molecule has 100 valence electrons. The molecule has 2 N–H and O–H groups in total. The Hall–Kier alpha value is -1.06. The van der Waals surface area contributed by atoms with Crippen molar-refractivity contribution < 1.29 is 4.74 Å². The van der Waals surface area contributed by atoms with Gasteiger partial charge < -0.3 is 15.4 Å². The molecule has 0 aromatic heterocycles. The first kappa shape index (κ1) is 13.4. The molecule has 0 unspecified atom stereocenters. The number of ether oxygens (including phenoxy) is 1. The summed E-state index contributed by atoms with van der Waals surface area (Å²) < 4.78 is 5.94. The normalized spacial score (nSPS) is 14.6. The number of likely N-dealkylation sites (N-methyl/N-ethyl adjacent to an activating group) is 1. The number of nitrogens with zero attached hydrogens (tertiary/aromatic N) is 1. The zero-order valence-electron chi connectivity index (χ0n) is 11.3. The highest BCUT2D eigenvalue weighted by Crippen LogP contribution is 2.29. The fourth-order valence-electron chi connectivity index (χ4n) is 2.53. The van der Waals surface area contributed by atoms with Gasteiger partial charge in [-0.1, -0.05) is 12.1 Å². The molecule has 0 bridgehead atoms. The SMILES string of the molecule is CN(CCN)CCOc1cccc2c1CCCC2. The second-order valence-electron chi connectivity index (χ2n) is 5.04. The number of benzene rings is 1. The van der Waals surface area contributed by atoms with Gasteiger partial charge in [-0.25, -0.2) is 0 Å². The highest BCUT2D eigenvalue weighted by atomic mass is 16.5. The van der Waals surface area contributed by atoms with Crippen LogP contribution in [0.1, 0.15) is 24.0 Å². The van der Waals surface area contributed by atoms with Crippen molar-refractivity contribution in [1.29, 1.82) is 0 Å². The standard InChI is InChI=1S/C15H24N2O/c1-17(10-9-16)11-12-18-15-8-4-6-13-5-2-3-7-14(13)15/h4,6,8H,2-3,5,7,9-12,16H2,1H3. The van der Waals surface area contributed by atoms with Gasteiger partial charge in [0, 0.05) is 19.6 Å². The minimum atomic E-state index is 0.706. The number of rotatable bonds is 6. The summed E-state index contributed by atoms with van der Waals surface area (Å²) in [6.07, 6.45) is 4.99. The summed E-state index contributed by atoms with van der Waals surface area (Å²) in [4.78, 5) is 2.20. The van der Waals surface area contributed by atoms with Crippen molar-refractivity contribution in [3.8, 4) is 5.75 Å². The summed E-state index contributed by atoms with van der Waals surface area (Å²) in [6.45, 7) is 3.31. The molecule has 18 heavy (non-hydrogen) atoms. The molecule has 1 aliphatic carbocycles. The van der Waals surface area contributed by atoms with E-state index in [1.807, 2.05) is 0 Å². The lowest BCUT2D eigenvalue weighted by molar-refractivity contribution is 0.239. The van der Waals surface area contributed by atoms with E-state index in [1.54, 1.807) is 0 Å². The van der Waals surface area contributed by atoms with Crippen LogP contribution in [0.5, 0.6) is 5.75 Å². The maximum atomic E-state index is 5.94. The Bertz CT molecular complexity index is 379. The largest absolute Gasteiger partial charge is 0.492 e. The number of fused-ring (bicyclic) bond motifs is 1. The molecule has 0 heterocycles. The van der Waals surface area contributed by atoms with Gasteiger partial charge in [-0.3, -0.25) is 0 Å². The molecule has 0 amide bonds. The van der Waals surface area contributed by atoms with E-state index in [0.717, 1.165) is 25.4 Å². The molecule has 0 aliphatic heterocycles. The minimum Gasteiger partial charge on any atom is -0.492 e. The predicted molar refractivity (Wildman–Crippen MR) is 75.1 cm³/mol. The van der Waals surface area contributed by atoms with Crippen molar-refractivity contribution in [3.63, 3.8) is 0 Å². The van der Waals surface area contributed by atoms with Gasteiger partial charge in [-0.2, -0.15) is 0 Å². The number of nitrogens with two attached hydrogens (primary N) is 1. The van der Waals surface area contributed by atoms with Crippen molar-refractivity contribution in [2.75, 3.05) is 33.3 Å². The van der Waals surface area contributed by atoms with Gasteiger partial charge in [0.05, 0.1) is 0 Å². The quantitative estimate of drug-likeness (QED) is 0.835. The van der Waals surface area contributed by atoms with Crippen LogP contribution in [0.3, 0.4) is 0 Å². The van der Waals surface area contributed by atoms with Crippen LogP contribution in [0.2, 0.25) is 0 Å². The summed E-state index contributed by atoms with van der Waals surface area (Å²) in [6, 6.07) is 6.46. The van der Waals surface area contributed by atoms with Crippen LogP contribution in [0.25, 0.3) is 0 Å². The molecule has 2 rings (SSSR count). The predicted octanol–water partition coefficient (Wildman–Crippen LogP) is 1.83. The van der Waals surface area contributed by atoms with Gasteiger partial charge in [-0.05, 0) is 49.9 Å². The van der Waals surface area contributed by atoms with E-state index in [-0.39, 0.29) is 0 Å². The van der Waals surface area contributed by atoms with Crippen LogP contribution in [0.15, 0.2) is 18.2 Å². The van der Waals surface area contributed by atoms with Crippen LogP contribution < -0.4 is 10.5 Å². The second kappa shape index (κ2) is 6.76. The fourth-order valence-corrected chi connectivity index (χ4v) is 2.53. The summed E-state index contributed by atoms with van der Waals surface area (Å²) >= 11 is 0. The van der Waals surface area contributed by atoms with Crippen LogP contribution in [-0.4, -0.2) is 38.2 Å². The van der Waals surface area contributed by atoms with Gasteiger partial charge in [-0.15, -0.1) is 0 Å². The molecule has 0 radical (unpaired) electrons. The average molecular weight is 248 g/mol. The molecule has 0 atom stereocenters. The molecular formula is C15H24N2O. The van der Waals surface area contributed by atoms with Crippen LogP contribution in [0.4, 0.5) is 0 Å². The zero-order valence-corrected chi connectivity index (χ0v) is 11.3. The van der Waals surface area contributed by atoms with E-state index >= 15 is 0 Å². The topological polar surface area (TPSA) is 38.5 Å². The maximum absolute atomic E-state index is 5.94. The first-order valence-corrected chi connectivity index (χ1v) is 6.93. The van der Waals surface area contributed by atoms with E-state index < -0.39 is 0 Å². The van der Waals surface area contributed by atoms with E-state index in [4.69, 9.17) is 10.5 Å². The van der Waals surface area contributed by atoms with Gasteiger partial charge in [0.25, 0.3) is 0 Å². The van der Waals surface area contributed by atoms with Crippen LogP contribution in [0, 0.1) is 0 Å². The van der Waals surface area contributed by atoms with Crippen LogP contribution >= 0.6 is 0 Å². The monoisotopic (exact) mass is 248 g/mol. The van der Waals surface area contributed by atoms with Gasteiger partial charge >= 0.3 is 0 Å². The smallest absolute Gasteiger partial charge is 0.122 e. The molecule has 1 aromatic carbocycles. The van der Waals surface area contributed by atoms with E-state index in [1.165, 1.54) is 36.8 Å². The van der Waals surface area contributed by atoms with Crippen molar-refractivity contribution >= 4 is 0 Å². The molecule has 0 spiro atoms. The van der Waals surface area contributed by atoms with E-state index in [2.05, 4.69) is 30.1 Å². The lowest BCUT2D eigenvalue weighted by Gasteiger charge is -2.21. The fraction of sp³-hybridized carbons (Fsp3) is 0.600. The molecule has 0 saturated heterocycles. The lowest BCUT2D eigenvalue weighted by atomic mass is 9.91. The molecule has 3 heteroatoms. The first-order chi connectivity index (χ1) is 8.81.